The molecule has 0 fully saturated rings. The van der Waals surface area contributed by atoms with Gasteiger partial charge in [0.1, 0.15) is 0 Å². The summed E-state index contributed by atoms with van der Waals surface area (Å²) >= 11 is 13.5. The van der Waals surface area contributed by atoms with Gasteiger partial charge in [0.05, 0.1) is 9.95 Å². The smallest absolute Gasteiger partial charge is 0.270 e. The van der Waals surface area contributed by atoms with Crippen LogP contribution in [-0.4, -0.2) is 25.5 Å². The van der Waals surface area contributed by atoms with Crippen molar-refractivity contribution in [1.29, 1.82) is 0 Å². The van der Waals surface area contributed by atoms with Crippen LogP contribution in [0.2, 0.25) is 10.0 Å². The quantitative estimate of drug-likeness (QED) is 0.286. The molecule has 1 aromatic heterocycles. The standard InChI is InChI=1S/C18H14Cl2N4O3S/c1-3-23-17(13-6-4-11(19)8-15(13)20)21-22-18(23)28-16-7-5-12(24(26)27)9-14(16)10(2)25/h4-9H,3H2,1-2H3. The van der Waals surface area contributed by atoms with Crippen LogP contribution < -0.4 is 0 Å². The Morgan fingerprint density at radius 1 is 1.21 bits per heavy atom. The van der Waals surface area contributed by atoms with Crippen LogP contribution in [0.4, 0.5) is 5.69 Å². The molecule has 3 aromatic rings. The number of benzene rings is 2. The number of rotatable bonds is 6. The van der Waals surface area contributed by atoms with E-state index in [0.717, 1.165) is 0 Å². The van der Waals surface area contributed by atoms with Crippen LogP contribution in [0.3, 0.4) is 0 Å². The molecule has 0 aliphatic carbocycles. The number of aromatic nitrogens is 3. The molecule has 3 rings (SSSR count). The van der Waals surface area contributed by atoms with Gasteiger partial charge >= 0.3 is 0 Å². The van der Waals surface area contributed by atoms with E-state index in [1.54, 1.807) is 24.3 Å². The van der Waals surface area contributed by atoms with Gasteiger partial charge in [0.15, 0.2) is 16.8 Å². The molecule has 0 saturated carbocycles. The van der Waals surface area contributed by atoms with Crippen molar-refractivity contribution in [2.75, 3.05) is 0 Å². The molecule has 10 heteroatoms. The molecule has 1 heterocycles. The minimum atomic E-state index is -0.532. The molecule has 0 N–H and O–H groups in total. The number of ketones is 1. The first-order valence-electron chi connectivity index (χ1n) is 8.17. The van der Waals surface area contributed by atoms with E-state index in [1.165, 1.54) is 30.8 Å². The van der Waals surface area contributed by atoms with E-state index in [2.05, 4.69) is 10.2 Å². The molecule has 0 atom stereocenters. The van der Waals surface area contributed by atoms with E-state index in [-0.39, 0.29) is 17.0 Å². The van der Waals surface area contributed by atoms with E-state index in [0.29, 0.717) is 38.0 Å². The lowest BCUT2D eigenvalue weighted by Crippen LogP contribution is -2.02. The topological polar surface area (TPSA) is 90.9 Å². The van der Waals surface area contributed by atoms with Crippen molar-refractivity contribution in [3.63, 3.8) is 0 Å². The molecule has 0 saturated heterocycles. The van der Waals surface area contributed by atoms with Crippen molar-refractivity contribution >= 4 is 46.4 Å². The first-order valence-corrected chi connectivity index (χ1v) is 9.75. The molecule has 0 aliphatic rings. The van der Waals surface area contributed by atoms with Crippen molar-refractivity contribution in [1.82, 2.24) is 14.8 Å². The Kier molecular flexibility index (Phi) is 6.02. The van der Waals surface area contributed by atoms with Crippen molar-refractivity contribution in [2.45, 2.75) is 30.4 Å². The summed E-state index contributed by atoms with van der Waals surface area (Å²) in [6.07, 6.45) is 0. The predicted octanol–water partition coefficient (Wildman–Crippen LogP) is 5.53. The number of nitrogens with zero attached hydrogens (tertiary/aromatic N) is 4. The Labute approximate surface area is 174 Å². The normalized spacial score (nSPS) is 10.9. The Hall–Kier alpha value is -2.42. The van der Waals surface area contributed by atoms with Crippen LogP contribution in [0.1, 0.15) is 24.2 Å². The van der Waals surface area contributed by atoms with Crippen LogP contribution in [0, 0.1) is 10.1 Å². The molecule has 0 amide bonds. The van der Waals surface area contributed by atoms with Crippen LogP contribution in [0.15, 0.2) is 46.5 Å². The third-order valence-electron chi connectivity index (χ3n) is 3.96. The number of non-ortho nitro benzene ring substituents is 1. The number of Topliss-reactive ketones (excluding diaryl/α,β-unsaturated/α-hetero) is 1. The fourth-order valence-corrected chi connectivity index (χ4v) is 4.16. The molecule has 0 radical (unpaired) electrons. The molecular formula is C18H14Cl2N4O3S. The molecule has 0 spiro atoms. The van der Waals surface area contributed by atoms with Crippen LogP contribution in [0.25, 0.3) is 11.4 Å². The zero-order chi connectivity index (χ0) is 20.4. The van der Waals surface area contributed by atoms with Gasteiger partial charge in [-0.3, -0.25) is 14.9 Å². The average molecular weight is 437 g/mol. The van der Waals surface area contributed by atoms with Gasteiger partial charge in [0.2, 0.25) is 0 Å². The molecule has 7 nitrogen and oxygen atoms in total. The highest BCUT2D eigenvalue weighted by molar-refractivity contribution is 7.99. The highest BCUT2D eigenvalue weighted by atomic mass is 35.5. The summed E-state index contributed by atoms with van der Waals surface area (Å²) in [5.74, 6) is 0.299. The van der Waals surface area contributed by atoms with E-state index in [1.807, 2.05) is 11.5 Å². The lowest BCUT2D eigenvalue weighted by Gasteiger charge is -2.10. The zero-order valence-corrected chi connectivity index (χ0v) is 17.2. The maximum absolute atomic E-state index is 12.0. The Balaban J connectivity index is 2.04. The van der Waals surface area contributed by atoms with Gasteiger partial charge in [-0.2, -0.15) is 0 Å². The summed E-state index contributed by atoms with van der Waals surface area (Å²) in [6, 6.07) is 9.29. The molecule has 0 bridgehead atoms. The van der Waals surface area contributed by atoms with Gasteiger partial charge in [0.25, 0.3) is 5.69 Å². The number of carbonyl (C=O) groups excluding carboxylic acids is 1. The first kappa shape index (κ1) is 20.3. The Morgan fingerprint density at radius 2 is 1.96 bits per heavy atom. The third-order valence-corrected chi connectivity index (χ3v) is 5.57. The fourth-order valence-electron chi connectivity index (χ4n) is 2.61. The fraction of sp³-hybridized carbons (Fsp3) is 0.167. The molecule has 2 aromatic carbocycles. The maximum Gasteiger partial charge on any atom is 0.270 e. The van der Waals surface area contributed by atoms with Crippen LogP contribution in [0.5, 0.6) is 0 Å². The summed E-state index contributed by atoms with van der Waals surface area (Å²) in [6.45, 7) is 3.86. The average Bonchev–Trinajstić information content (AvgIpc) is 3.04. The zero-order valence-electron chi connectivity index (χ0n) is 14.8. The summed E-state index contributed by atoms with van der Waals surface area (Å²) in [4.78, 5) is 23.0. The maximum atomic E-state index is 12.0. The van der Waals surface area contributed by atoms with Gasteiger partial charge in [-0.25, -0.2) is 0 Å². The lowest BCUT2D eigenvalue weighted by molar-refractivity contribution is -0.384. The van der Waals surface area contributed by atoms with Gasteiger partial charge in [-0.15, -0.1) is 10.2 Å². The van der Waals surface area contributed by atoms with Crippen LogP contribution >= 0.6 is 35.0 Å². The van der Waals surface area contributed by atoms with Crippen molar-refractivity contribution in [3.05, 3.63) is 62.1 Å². The Morgan fingerprint density at radius 3 is 2.57 bits per heavy atom. The minimum absolute atomic E-state index is 0.139. The second-order valence-electron chi connectivity index (χ2n) is 5.77. The summed E-state index contributed by atoms with van der Waals surface area (Å²) in [7, 11) is 0. The van der Waals surface area contributed by atoms with E-state index >= 15 is 0 Å². The number of nitro groups is 1. The largest absolute Gasteiger partial charge is 0.302 e. The van der Waals surface area contributed by atoms with Gasteiger partial charge in [0, 0.05) is 39.7 Å². The van der Waals surface area contributed by atoms with Gasteiger partial charge in [-0.05, 0) is 49.9 Å². The summed E-state index contributed by atoms with van der Waals surface area (Å²) in [5, 5.41) is 21.0. The second kappa shape index (κ2) is 8.30. The number of nitro benzene ring substituents is 1. The summed E-state index contributed by atoms with van der Waals surface area (Å²) in [5.41, 5.74) is 0.804. The monoisotopic (exact) mass is 436 g/mol. The van der Waals surface area contributed by atoms with Gasteiger partial charge < -0.3 is 4.57 Å². The predicted molar refractivity (Wildman–Crippen MR) is 108 cm³/mol. The number of hydrogen-bond acceptors (Lipinski definition) is 6. The summed E-state index contributed by atoms with van der Waals surface area (Å²) < 4.78 is 1.85. The third kappa shape index (κ3) is 4.04. The highest BCUT2D eigenvalue weighted by Crippen LogP contribution is 2.35. The highest BCUT2D eigenvalue weighted by Gasteiger charge is 2.20. The van der Waals surface area contributed by atoms with Crippen molar-refractivity contribution in [2.24, 2.45) is 0 Å². The second-order valence-corrected chi connectivity index (χ2v) is 7.62. The number of hydrogen-bond donors (Lipinski definition) is 0. The van der Waals surface area contributed by atoms with E-state index in [4.69, 9.17) is 23.2 Å². The first-order chi connectivity index (χ1) is 13.3. The number of halogens is 2. The van der Waals surface area contributed by atoms with Crippen molar-refractivity contribution in [3.8, 4) is 11.4 Å². The molecule has 0 aliphatic heterocycles. The number of carbonyl (C=O) groups is 1. The molecule has 0 unspecified atom stereocenters. The molecule has 144 valence electrons. The lowest BCUT2D eigenvalue weighted by atomic mass is 10.1. The Bertz CT molecular complexity index is 1080. The van der Waals surface area contributed by atoms with E-state index in [9.17, 15) is 14.9 Å². The minimum Gasteiger partial charge on any atom is -0.302 e. The SMILES string of the molecule is CCn1c(Sc2ccc([N+](=O)[O-])cc2C(C)=O)nnc1-c1ccc(Cl)cc1Cl. The van der Waals surface area contributed by atoms with Crippen molar-refractivity contribution < 1.29 is 9.72 Å². The van der Waals surface area contributed by atoms with Gasteiger partial charge in [-0.1, -0.05) is 23.2 Å². The molecular weight excluding hydrogens is 423 g/mol. The molecule has 28 heavy (non-hydrogen) atoms. The van der Waals surface area contributed by atoms with Crippen LogP contribution in [-0.2, 0) is 6.54 Å². The van der Waals surface area contributed by atoms with E-state index < -0.39 is 4.92 Å².